The molecule has 1 aliphatic heterocycles. The maximum atomic E-state index is 13.1. The summed E-state index contributed by atoms with van der Waals surface area (Å²) in [6, 6.07) is 7.77. The lowest BCUT2D eigenvalue weighted by molar-refractivity contribution is 0.464. The van der Waals surface area contributed by atoms with Crippen molar-refractivity contribution >= 4 is 31.4 Å². The summed E-state index contributed by atoms with van der Waals surface area (Å²) >= 11 is 1.57. The number of hydrogen-bond acceptors (Lipinski definition) is 4. The lowest BCUT2D eigenvalue weighted by Gasteiger charge is -2.17. The summed E-state index contributed by atoms with van der Waals surface area (Å²) in [6.45, 7) is 3.95. The molecule has 2 aromatic rings. The van der Waals surface area contributed by atoms with Gasteiger partial charge in [0.2, 0.25) is 10.0 Å². The lowest BCUT2D eigenvalue weighted by Crippen LogP contribution is -2.29. The van der Waals surface area contributed by atoms with Gasteiger partial charge in [0.25, 0.3) is 0 Å². The van der Waals surface area contributed by atoms with Crippen molar-refractivity contribution in [3.8, 4) is 0 Å². The molecule has 2 heterocycles. The number of nitrogens with zero attached hydrogens (tertiary/aromatic N) is 1. The minimum atomic E-state index is -3.40. The van der Waals surface area contributed by atoms with Crippen molar-refractivity contribution in [3.05, 3.63) is 29.1 Å². The number of fused-ring (bicyclic) bond motifs is 1. The van der Waals surface area contributed by atoms with Crippen LogP contribution >= 0.6 is 11.3 Å². The number of thiophene rings is 1. The van der Waals surface area contributed by atoms with Crippen LogP contribution in [-0.4, -0.2) is 32.9 Å². The van der Waals surface area contributed by atoms with E-state index in [-0.39, 0.29) is 0 Å². The molecule has 1 atom stereocenters. The second-order valence-corrected chi connectivity index (χ2v) is 8.65. The molecule has 0 bridgehead atoms. The Hall–Kier alpha value is -0.950. The minimum absolute atomic E-state index is 0.442. The van der Waals surface area contributed by atoms with Crippen LogP contribution in [0.25, 0.3) is 10.1 Å². The first-order valence-corrected chi connectivity index (χ1v) is 9.45. The van der Waals surface area contributed by atoms with Crippen molar-refractivity contribution in [1.29, 1.82) is 0 Å². The highest BCUT2D eigenvalue weighted by Gasteiger charge is 2.34. The molecule has 1 fully saturated rings. The highest BCUT2D eigenvalue weighted by atomic mass is 32.2. The SMILES string of the molecule is CNCc1sc2ccccc2c1S(=O)(=O)N1CCC(C)C1. The molecule has 0 aliphatic carbocycles. The van der Waals surface area contributed by atoms with E-state index in [1.54, 1.807) is 15.6 Å². The van der Waals surface area contributed by atoms with Gasteiger partial charge in [-0.25, -0.2) is 8.42 Å². The van der Waals surface area contributed by atoms with Gasteiger partial charge in [-0.15, -0.1) is 11.3 Å². The molecule has 1 aromatic carbocycles. The summed E-state index contributed by atoms with van der Waals surface area (Å²) < 4.78 is 28.8. The average Bonchev–Trinajstić information content (AvgIpc) is 3.03. The van der Waals surface area contributed by atoms with Crippen molar-refractivity contribution in [3.63, 3.8) is 0 Å². The van der Waals surface area contributed by atoms with E-state index >= 15 is 0 Å². The van der Waals surface area contributed by atoms with Crippen LogP contribution in [0.3, 0.4) is 0 Å². The van der Waals surface area contributed by atoms with E-state index in [1.807, 2.05) is 31.3 Å². The van der Waals surface area contributed by atoms with Gasteiger partial charge in [0.1, 0.15) is 4.90 Å². The fourth-order valence-electron chi connectivity index (χ4n) is 2.87. The largest absolute Gasteiger partial charge is 0.315 e. The van der Waals surface area contributed by atoms with E-state index in [2.05, 4.69) is 12.2 Å². The monoisotopic (exact) mass is 324 g/mol. The smallest absolute Gasteiger partial charge is 0.244 e. The Morgan fingerprint density at radius 3 is 2.81 bits per heavy atom. The molecule has 6 heteroatoms. The third-order valence-electron chi connectivity index (χ3n) is 3.94. The molecule has 3 rings (SSSR count). The van der Waals surface area contributed by atoms with E-state index in [0.717, 1.165) is 21.4 Å². The van der Waals surface area contributed by atoms with E-state index in [0.29, 0.717) is 30.4 Å². The van der Waals surface area contributed by atoms with Gasteiger partial charge >= 0.3 is 0 Å². The fourth-order valence-corrected chi connectivity index (χ4v) is 6.36. The zero-order valence-corrected chi connectivity index (χ0v) is 13.9. The van der Waals surface area contributed by atoms with Gasteiger partial charge in [-0.3, -0.25) is 0 Å². The summed E-state index contributed by atoms with van der Waals surface area (Å²) in [5.74, 6) is 0.442. The third-order valence-corrected chi connectivity index (χ3v) is 7.23. The van der Waals surface area contributed by atoms with Gasteiger partial charge in [0.15, 0.2) is 0 Å². The van der Waals surface area contributed by atoms with Crippen molar-refractivity contribution in [2.45, 2.75) is 24.8 Å². The van der Waals surface area contributed by atoms with Crippen LogP contribution in [0.4, 0.5) is 0 Å². The normalized spacial score (nSPS) is 20.4. The maximum Gasteiger partial charge on any atom is 0.244 e. The molecule has 1 saturated heterocycles. The molecule has 1 aliphatic rings. The quantitative estimate of drug-likeness (QED) is 0.940. The predicted molar refractivity (Wildman–Crippen MR) is 87.1 cm³/mol. The second kappa shape index (κ2) is 5.68. The molecule has 0 amide bonds. The Morgan fingerprint density at radius 1 is 1.38 bits per heavy atom. The first kappa shape index (κ1) is 15.0. The number of nitrogens with one attached hydrogen (secondary N) is 1. The molecule has 1 aromatic heterocycles. The topological polar surface area (TPSA) is 49.4 Å². The summed E-state index contributed by atoms with van der Waals surface area (Å²) in [5.41, 5.74) is 0. The van der Waals surface area contributed by atoms with Crippen LogP contribution in [0, 0.1) is 5.92 Å². The zero-order valence-electron chi connectivity index (χ0n) is 12.3. The number of sulfonamides is 1. The Labute approximate surface area is 129 Å². The summed E-state index contributed by atoms with van der Waals surface area (Å²) in [4.78, 5) is 1.41. The highest BCUT2D eigenvalue weighted by molar-refractivity contribution is 7.89. The Kier molecular flexibility index (Phi) is 4.05. The van der Waals surface area contributed by atoms with Crippen molar-refractivity contribution in [2.24, 2.45) is 5.92 Å². The molecule has 4 nitrogen and oxygen atoms in total. The number of hydrogen-bond donors (Lipinski definition) is 1. The molecular formula is C15H20N2O2S2. The first-order chi connectivity index (χ1) is 10.0. The van der Waals surface area contributed by atoms with E-state index < -0.39 is 10.0 Å². The zero-order chi connectivity index (χ0) is 15.0. The Balaban J connectivity index is 2.15. The predicted octanol–water partition coefficient (Wildman–Crippen LogP) is 2.65. The molecule has 1 unspecified atom stereocenters. The van der Waals surface area contributed by atoms with Gasteiger partial charge < -0.3 is 5.32 Å². The molecule has 21 heavy (non-hydrogen) atoms. The lowest BCUT2D eigenvalue weighted by atomic mass is 10.2. The van der Waals surface area contributed by atoms with Crippen LogP contribution in [0.15, 0.2) is 29.2 Å². The van der Waals surface area contributed by atoms with Crippen molar-refractivity contribution in [1.82, 2.24) is 9.62 Å². The standard InChI is InChI=1S/C15H20N2O2S2/c1-11-7-8-17(10-11)21(18,19)15-12-5-3-4-6-13(12)20-14(15)9-16-2/h3-6,11,16H,7-10H2,1-2H3. The van der Waals surface area contributed by atoms with Crippen molar-refractivity contribution < 1.29 is 8.42 Å². The summed E-state index contributed by atoms with van der Waals surface area (Å²) in [7, 11) is -1.56. The van der Waals surface area contributed by atoms with Crippen LogP contribution in [0.2, 0.25) is 0 Å². The summed E-state index contributed by atoms with van der Waals surface area (Å²) in [5, 5.41) is 3.94. The highest BCUT2D eigenvalue weighted by Crippen LogP contribution is 2.37. The molecule has 0 spiro atoms. The maximum absolute atomic E-state index is 13.1. The fraction of sp³-hybridized carbons (Fsp3) is 0.467. The Morgan fingerprint density at radius 2 is 2.14 bits per heavy atom. The van der Waals surface area contributed by atoms with Crippen LogP contribution in [0.1, 0.15) is 18.2 Å². The molecule has 0 radical (unpaired) electrons. The Bertz CT molecular complexity index is 752. The van der Waals surface area contributed by atoms with E-state index in [4.69, 9.17) is 0 Å². The van der Waals surface area contributed by atoms with Gasteiger partial charge in [0, 0.05) is 34.6 Å². The summed E-state index contributed by atoms with van der Waals surface area (Å²) in [6.07, 6.45) is 0.947. The average molecular weight is 324 g/mol. The van der Waals surface area contributed by atoms with E-state index in [1.165, 1.54) is 0 Å². The second-order valence-electron chi connectivity index (χ2n) is 5.64. The number of rotatable bonds is 4. The van der Waals surface area contributed by atoms with Gasteiger partial charge in [-0.2, -0.15) is 4.31 Å². The first-order valence-electron chi connectivity index (χ1n) is 7.19. The third kappa shape index (κ3) is 2.61. The molecule has 1 N–H and O–H groups in total. The van der Waals surface area contributed by atoms with Gasteiger partial charge in [-0.05, 0) is 25.5 Å². The van der Waals surface area contributed by atoms with Crippen LogP contribution in [0.5, 0.6) is 0 Å². The van der Waals surface area contributed by atoms with Gasteiger partial charge in [-0.1, -0.05) is 25.1 Å². The van der Waals surface area contributed by atoms with Crippen LogP contribution in [-0.2, 0) is 16.6 Å². The molecule has 114 valence electrons. The molecular weight excluding hydrogens is 304 g/mol. The number of benzene rings is 1. The minimum Gasteiger partial charge on any atom is -0.315 e. The van der Waals surface area contributed by atoms with Crippen LogP contribution < -0.4 is 5.32 Å². The van der Waals surface area contributed by atoms with E-state index in [9.17, 15) is 8.42 Å². The molecule has 0 saturated carbocycles. The van der Waals surface area contributed by atoms with Crippen molar-refractivity contribution in [2.75, 3.05) is 20.1 Å². The van der Waals surface area contributed by atoms with Gasteiger partial charge in [0.05, 0.1) is 0 Å².